The summed E-state index contributed by atoms with van der Waals surface area (Å²) >= 11 is 0. The molecule has 0 spiro atoms. The fraction of sp³-hybridized carbons (Fsp3) is 0.0909. The van der Waals surface area contributed by atoms with Crippen LogP contribution >= 0.6 is 0 Å². The van der Waals surface area contributed by atoms with Crippen molar-refractivity contribution in [2.24, 2.45) is 0 Å². The van der Waals surface area contributed by atoms with Crippen LogP contribution < -0.4 is 0 Å². The highest BCUT2D eigenvalue weighted by Crippen LogP contribution is 2.06. The second-order valence-electron chi connectivity index (χ2n) is 2.93. The van der Waals surface area contributed by atoms with Gasteiger partial charge in [-0.2, -0.15) is 5.10 Å². The summed E-state index contributed by atoms with van der Waals surface area (Å²) < 4.78 is 0. The first-order chi connectivity index (χ1) is 6.45. The molecular formula is C11H11N2. The van der Waals surface area contributed by atoms with Crippen molar-refractivity contribution in [2.75, 3.05) is 0 Å². The summed E-state index contributed by atoms with van der Waals surface area (Å²) in [5, 5.41) is 6.66. The normalized spacial score (nSPS) is 10.2. The summed E-state index contributed by atoms with van der Waals surface area (Å²) in [5.41, 5.74) is 2.47. The summed E-state index contributed by atoms with van der Waals surface area (Å²) in [4.78, 5) is 0. The number of rotatable bonds is 3. The summed E-state index contributed by atoms with van der Waals surface area (Å²) in [6.07, 6.45) is 6.82. The Kier molecular flexibility index (Phi) is 2.41. The van der Waals surface area contributed by atoms with Gasteiger partial charge >= 0.3 is 0 Å². The lowest BCUT2D eigenvalue weighted by molar-refractivity contribution is 1.09. The molecule has 0 bridgehead atoms. The molecule has 65 valence electrons. The molecule has 2 aromatic rings. The fourth-order valence-electron chi connectivity index (χ4n) is 1.22. The molecule has 1 aromatic heterocycles. The average Bonchev–Trinajstić information content (AvgIpc) is 2.69. The molecule has 1 aromatic carbocycles. The molecule has 2 nitrogen and oxygen atoms in total. The van der Waals surface area contributed by atoms with Gasteiger partial charge < -0.3 is 0 Å². The van der Waals surface area contributed by atoms with Crippen LogP contribution in [0.15, 0.2) is 42.7 Å². The van der Waals surface area contributed by atoms with Crippen molar-refractivity contribution in [3.63, 3.8) is 0 Å². The van der Waals surface area contributed by atoms with Crippen molar-refractivity contribution in [2.45, 2.75) is 6.42 Å². The maximum atomic E-state index is 3.88. The molecule has 1 heterocycles. The Labute approximate surface area is 77.6 Å². The van der Waals surface area contributed by atoms with Crippen LogP contribution in [0.2, 0.25) is 0 Å². The smallest absolute Gasteiger partial charge is 0.0522 e. The molecule has 2 heteroatoms. The van der Waals surface area contributed by atoms with E-state index in [0.717, 1.165) is 12.0 Å². The third-order valence-corrected chi connectivity index (χ3v) is 1.94. The first-order valence-electron chi connectivity index (χ1n) is 4.31. The molecule has 0 fully saturated rings. The predicted molar refractivity (Wildman–Crippen MR) is 52.1 cm³/mol. The second kappa shape index (κ2) is 3.90. The molecule has 0 unspecified atom stereocenters. The number of nitrogens with zero attached hydrogens (tertiary/aromatic N) is 1. The Bertz CT molecular complexity index is 338. The Balaban J connectivity index is 1.94. The minimum Gasteiger partial charge on any atom is -0.285 e. The lowest BCUT2D eigenvalue weighted by Crippen LogP contribution is -1.85. The van der Waals surface area contributed by atoms with E-state index in [1.165, 1.54) is 5.56 Å². The van der Waals surface area contributed by atoms with E-state index in [2.05, 4.69) is 40.9 Å². The topological polar surface area (TPSA) is 28.7 Å². The molecule has 0 aliphatic heterocycles. The lowest BCUT2D eigenvalue weighted by atomic mass is 10.1. The van der Waals surface area contributed by atoms with Gasteiger partial charge in [-0.05, 0) is 24.0 Å². The van der Waals surface area contributed by atoms with Gasteiger partial charge in [0.05, 0.1) is 6.20 Å². The molecule has 0 amide bonds. The molecule has 0 atom stereocenters. The molecule has 0 saturated carbocycles. The van der Waals surface area contributed by atoms with Gasteiger partial charge in [-0.15, -0.1) is 0 Å². The number of benzene rings is 1. The maximum Gasteiger partial charge on any atom is 0.0522 e. The zero-order valence-electron chi connectivity index (χ0n) is 7.27. The highest BCUT2D eigenvalue weighted by Gasteiger charge is 1.95. The number of aromatic nitrogens is 2. The van der Waals surface area contributed by atoms with E-state index in [4.69, 9.17) is 0 Å². The van der Waals surface area contributed by atoms with Crippen LogP contribution in [0.5, 0.6) is 0 Å². The first-order valence-corrected chi connectivity index (χ1v) is 4.31. The standard InChI is InChI=1S/C11H11N2/c1-2-4-10(5-3-1)6-7-11-8-12-13-9-11/h1-5,7-9H,6H2,(H,12,13). The van der Waals surface area contributed by atoms with Crippen molar-refractivity contribution in [3.05, 3.63) is 60.3 Å². The number of H-pyrrole nitrogens is 1. The van der Waals surface area contributed by atoms with Gasteiger partial charge in [0, 0.05) is 6.20 Å². The average molecular weight is 171 g/mol. The van der Waals surface area contributed by atoms with Crippen LogP contribution in [0, 0.1) is 6.42 Å². The van der Waals surface area contributed by atoms with E-state index in [1.807, 2.05) is 18.5 Å². The van der Waals surface area contributed by atoms with Gasteiger partial charge in [0.25, 0.3) is 0 Å². The highest BCUT2D eigenvalue weighted by molar-refractivity contribution is 5.22. The number of nitrogens with one attached hydrogen (secondary N) is 1. The summed E-state index contributed by atoms with van der Waals surface area (Å²) in [6.45, 7) is 0. The molecule has 13 heavy (non-hydrogen) atoms. The number of hydrogen-bond acceptors (Lipinski definition) is 1. The summed E-state index contributed by atoms with van der Waals surface area (Å²) in [6, 6.07) is 10.4. The SMILES string of the molecule is [CH](Cc1ccccc1)c1cn[nH]c1. The van der Waals surface area contributed by atoms with Gasteiger partial charge in [0.1, 0.15) is 0 Å². The Hall–Kier alpha value is -1.57. The van der Waals surface area contributed by atoms with Crippen molar-refractivity contribution in [3.8, 4) is 0 Å². The lowest BCUT2D eigenvalue weighted by Gasteiger charge is -1.97. The minimum atomic E-state index is 0.959. The third-order valence-electron chi connectivity index (χ3n) is 1.94. The van der Waals surface area contributed by atoms with Crippen molar-refractivity contribution >= 4 is 0 Å². The third kappa shape index (κ3) is 2.18. The monoisotopic (exact) mass is 171 g/mol. The molecular weight excluding hydrogens is 160 g/mol. The van der Waals surface area contributed by atoms with Gasteiger partial charge in [-0.3, -0.25) is 5.10 Å². The minimum absolute atomic E-state index is 0.959. The van der Waals surface area contributed by atoms with Crippen molar-refractivity contribution < 1.29 is 0 Å². The summed E-state index contributed by atoms with van der Waals surface area (Å²) in [5.74, 6) is 0. The maximum absolute atomic E-state index is 3.88. The van der Waals surface area contributed by atoms with Crippen LogP contribution in [-0.2, 0) is 6.42 Å². The molecule has 0 saturated heterocycles. The quantitative estimate of drug-likeness (QED) is 0.753. The van der Waals surface area contributed by atoms with Gasteiger partial charge in [-0.1, -0.05) is 30.3 Å². The van der Waals surface area contributed by atoms with Crippen LogP contribution in [-0.4, -0.2) is 10.2 Å². The Morgan fingerprint density at radius 1 is 1.23 bits per heavy atom. The van der Waals surface area contributed by atoms with E-state index in [9.17, 15) is 0 Å². The van der Waals surface area contributed by atoms with Crippen LogP contribution in [0.25, 0.3) is 0 Å². The van der Waals surface area contributed by atoms with Crippen molar-refractivity contribution in [1.82, 2.24) is 10.2 Å². The zero-order valence-corrected chi connectivity index (χ0v) is 7.27. The van der Waals surface area contributed by atoms with Crippen LogP contribution in [0.3, 0.4) is 0 Å². The van der Waals surface area contributed by atoms with E-state index < -0.39 is 0 Å². The Morgan fingerprint density at radius 2 is 2.08 bits per heavy atom. The van der Waals surface area contributed by atoms with E-state index >= 15 is 0 Å². The second-order valence-corrected chi connectivity index (χ2v) is 2.93. The van der Waals surface area contributed by atoms with E-state index in [1.54, 1.807) is 0 Å². The van der Waals surface area contributed by atoms with Crippen LogP contribution in [0.1, 0.15) is 11.1 Å². The molecule has 0 aliphatic rings. The van der Waals surface area contributed by atoms with Gasteiger partial charge in [0.2, 0.25) is 0 Å². The van der Waals surface area contributed by atoms with Gasteiger partial charge in [-0.25, -0.2) is 0 Å². The van der Waals surface area contributed by atoms with Crippen LogP contribution in [0.4, 0.5) is 0 Å². The predicted octanol–water partition coefficient (Wildman–Crippen LogP) is 2.20. The molecule has 1 radical (unpaired) electrons. The largest absolute Gasteiger partial charge is 0.285 e. The fourth-order valence-corrected chi connectivity index (χ4v) is 1.22. The van der Waals surface area contributed by atoms with E-state index in [0.29, 0.717) is 0 Å². The zero-order chi connectivity index (χ0) is 8.93. The van der Waals surface area contributed by atoms with Crippen molar-refractivity contribution in [1.29, 1.82) is 0 Å². The number of hydrogen-bond donors (Lipinski definition) is 1. The number of aromatic amines is 1. The molecule has 0 aliphatic carbocycles. The molecule has 2 rings (SSSR count). The van der Waals surface area contributed by atoms with Gasteiger partial charge in [0.15, 0.2) is 0 Å². The molecule has 1 N–H and O–H groups in total. The highest BCUT2D eigenvalue weighted by atomic mass is 15.1. The summed E-state index contributed by atoms with van der Waals surface area (Å²) in [7, 11) is 0. The first kappa shape index (κ1) is 8.05. The Morgan fingerprint density at radius 3 is 2.77 bits per heavy atom. The van der Waals surface area contributed by atoms with E-state index in [-0.39, 0.29) is 0 Å².